The summed E-state index contributed by atoms with van der Waals surface area (Å²) < 4.78 is 39.6. The van der Waals surface area contributed by atoms with Crippen LogP contribution in [0.1, 0.15) is 24.2 Å². The molecule has 1 aromatic heterocycles. The van der Waals surface area contributed by atoms with Crippen molar-refractivity contribution < 1.29 is 12.8 Å². The molecule has 0 amide bonds. The summed E-state index contributed by atoms with van der Waals surface area (Å²) in [5, 5.41) is 3.14. The molecular weight excluding hydrogens is 317 g/mol. The molecule has 0 radical (unpaired) electrons. The van der Waals surface area contributed by atoms with E-state index in [1.807, 2.05) is 13.8 Å². The number of nitrogens with one attached hydrogen (secondary N) is 2. The van der Waals surface area contributed by atoms with Gasteiger partial charge in [0.15, 0.2) is 0 Å². The van der Waals surface area contributed by atoms with E-state index < -0.39 is 10.0 Å². The molecule has 7 heteroatoms. The molecule has 23 heavy (non-hydrogen) atoms. The maximum absolute atomic E-state index is 12.8. The average molecular weight is 337 g/mol. The monoisotopic (exact) mass is 337 g/mol. The van der Waals surface area contributed by atoms with Crippen molar-refractivity contribution in [1.29, 1.82) is 0 Å². The largest absolute Gasteiger partial charge is 0.308 e. The van der Waals surface area contributed by atoms with Gasteiger partial charge in [0, 0.05) is 19.1 Å². The first kappa shape index (κ1) is 17.5. The minimum absolute atomic E-state index is 0.0977. The third kappa shape index (κ3) is 5.09. The van der Waals surface area contributed by atoms with E-state index in [0.29, 0.717) is 12.2 Å². The normalized spacial score (nSPS) is 13.0. The number of halogens is 1. The third-order valence-corrected chi connectivity index (χ3v) is 4.87. The Morgan fingerprint density at radius 3 is 2.43 bits per heavy atom. The van der Waals surface area contributed by atoms with E-state index in [2.05, 4.69) is 15.0 Å². The predicted octanol–water partition coefficient (Wildman–Crippen LogP) is 2.16. The van der Waals surface area contributed by atoms with E-state index in [-0.39, 0.29) is 23.3 Å². The molecule has 2 aromatic rings. The fourth-order valence-corrected chi connectivity index (χ4v) is 3.05. The van der Waals surface area contributed by atoms with Crippen molar-refractivity contribution in [3.63, 3.8) is 0 Å². The van der Waals surface area contributed by atoms with Crippen LogP contribution in [0.15, 0.2) is 47.5 Å². The van der Waals surface area contributed by atoms with Crippen LogP contribution in [0.25, 0.3) is 0 Å². The highest BCUT2D eigenvalue weighted by atomic mass is 32.2. The summed E-state index contributed by atoms with van der Waals surface area (Å²) in [6.07, 6.45) is 1.16. The van der Waals surface area contributed by atoms with Crippen molar-refractivity contribution in [2.75, 3.05) is 13.1 Å². The first-order chi connectivity index (χ1) is 10.9. The summed E-state index contributed by atoms with van der Waals surface area (Å²) >= 11 is 0. The predicted molar refractivity (Wildman–Crippen MR) is 87.0 cm³/mol. The van der Waals surface area contributed by atoms with Crippen LogP contribution in [-0.2, 0) is 10.0 Å². The first-order valence-corrected chi connectivity index (χ1v) is 8.78. The van der Waals surface area contributed by atoms with E-state index in [1.54, 1.807) is 30.3 Å². The number of sulfonamides is 1. The molecule has 124 valence electrons. The molecule has 1 heterocycles. The molecule has 1 aromatic carbocycles. The van der Waals surface area contributed by atoms with Crippen LogP contribution in [-0.4, -0.2) is 26.5 Å². The third-order valence-electron chi connectivity index (χ3n) is 3.39. The smallest absolute Gasteiger partial charge is 0.240 e. The number of rotatable bonds is 7. The number of benzene rings is 1. The number of aryl methyl sites for hydroxylation is 1. The van der Waals surface area contributed by atoms with Gasteiger partial charge in [-0.3, -0.25) is 4.98 Å². The van der Waals surface area contributed by atoms with E-state index in [1.165, 1.54) is 6.07 Å². The standard InChI is InChI=1S/C16H20FN3O2S/c1-12-3-6-15(7-4-12)23(21,22)20-10-9-18-13(2)16-8-5-14(17)11-19-16/h3-8,11,13,18,20H,9-10H2,1-2H3. The summed E-state index contributed by atoms with van der Waals surface area (Å²) in [5.41, 5.74) is 1.71. The van der Waals surface area contributed by atoms with Gasteiger partial charge in [0.25, 0.3) is 0 Å². The maximum atomic E-state index is 12.8. The topological polar surface area (TPSA) is 71.1 Å². The van der Waals surface area contributed by atoms with Gasteiger partial charge >= 0.3 is 0 Å². The van der Waals surface area contributed by atoms with Gasteiger partial charge in [0.05, 0.1) is 16.8 Å². The minimum atomic E-state index is -3.50. The van der Waals surface area contributed by atoms with Crippen molar-refractivity contribution in [1.82, 2.24) is 15.0 Å². The molecule has 1 unspecified atom stereocenters. The van der Waals surface area contributed by atoms with Crippen LogP contribution in [0, 0.1) is 12.7 Å². The van der Waals surface area contributed by atoms with Gasteiger partial charge in [-0.05, 0) is 38.1 Å². The molecular formula is C16H20FN3O2S. The van der Waals surface area contributed by atoms with Gasteiger partial charge in [-0.15, -0.1) is 0 Å². The van der Waals surface area contributed by atoms with E-state index in [9.17, 15) is 12.8 Å². The Labute approximate surface area is 136 Å². The van der Waals surface area contributed by atoms with Crippen LogP contribution in [0.5, 0.6) is 0 Å². The lowest BCUT2D eigenvalue weighted by Gasteiger charge is -2.13. The summed E-state index contributed by atoms with van der Waals surface area (Å²) in [7, 11) is -3.50. The molecule has 0 aliphatic heterocycles. The lowest BCUT2D eigenvalue weighted by molar-refractivity contribution is 0.543. The fourth-order valence-electron chi connectivity index (χ4n) is 2.02. The molecule has 0 aliphatic rings. The summed E-state index contributed by atoms with van der Waals surface area (Å²) in [6, 6.07) is 9.53. The van der Waals surface area contributed by atoms with Crippen LogP contribution >= 0.6 is 0 Å². The van der Waals surface area contributed by atoms with Gasteiger partial charge < -0.3 is 5.32 Å². The van der Waals surface area contributed by atoms with Crippen molar-refractivity contribution in [2.24, 2.45) is 0 Å². The Hall–Kier alpha value is -1.83. The Balaban J connectivity index is 1.82. The second kappa shape index (κ2) is 7.63. The second-order valence-corrected chi connectivity index (χ2v) is 7.05. The van der Waals surface area contributed by atoms with Crippen molar-refractivity contribution in [3.8, 4) is 0 Å². The first-order valence-electron chi connectivity index (χ1n) is 7.29. The Bertz CT molecular complexity index is 731. The van der Waals surface area contributed by atoms with Gasteiger partial charge in [0.2, 0.25) is 10.0 Å². The highest BCUT2D eigenvalue weighted by molar-refractivity contribution is 7.89. The molecule has 2 rings (SSSR count). The van der Waals surface area contributed by atoms with E-state index >= 15 is 0 Å². The minimum Gasteiger partial charge on any atom is -0.308 e. The van der Waals surface area contributed by atoms with Crippen molar-refractivity contribution >= 4 is 10.0 Å². The molecule has 0 saturated carbocycles. The van der Waals surface area contributed by atoms with Crippen molar-refractivity contribution in [3.05, 3.63) is 59.7 Å². The molecule has 0 bridgehead atoms. The summed E-state index contributed by atoms with van der Waals surface area (Å²) in [4.78, 5) is 4.23. The lowest BCUT2D eigenvalue weighted by Crippen LogP contribution is -2.33. The zero-order valence-corrected chi connectivity index (χ0v) is 13.9. The van der Waals surface area contributed by atoms with Gasteiger partial charge in [0.1, 0.15) is 5.82 Å². The highest BCUT2D eigenvalue weighted by Crippen LogP contribution is 2.10. The summed E-state index contributed by atoms with van der Waals surface area (Å²) in [5.74, 6) is -0.383. The van der Waals surface area contributed by atoms with Crippen LogP contribution < -0.4 is 10.0 Å². The Morgan fingerprint density at radius 1 is 1.13 bits per heavy atom. The number of aromatic nitrogens is 1. The molecule has 5 nitrogen and oxygen atoms in total. The highest BCUT2D eigenvalue weighted by Gasteiger charge is 2.13. The second-order valence-electron chi connectivity index (χ2n) is 5.29. The lowest BCUT2D eigenvalue weighted by atomic mass is 10.2. The quantitative estimate of drug-likeness (QED) is 0.760. The zero-order valence-electron chi connectivity index (χ0n) is 13.1. The van der Waals surface area contributed by atoms with Gasteiger partial charge in [-0.25, -0.2) is 17.5 Å². The average Bonchev–Trinajstić information content (AvgIpc) is 2.52. The molecule has 0 aliphatic carbocycles. The fraction of sp³-hybridized carbons (Fsp3) is 0.312. The number of nitrogens with zero attached hydrogens (tertiary/aromatic N) is 1. The molecule has 0 saturated heterocycles. The van der Waals surface area contributed by atoms with Crippen LogP contribution in [0.3, 0.4) is 0 Å². The SMILES string of the molecule is Cc1ccc(S(=O)(=O)NCCNC(C)c2ccc(F)cn2)cc1. The van der Waals surface area contributed by atoms with E-state index in [0.717, 1.165) is 11.8 Å². The number of hydrogen-bond acceptors (Lipinski definition) is 4. The Morgan fingerprint density at radius 2 is 1.83 bits per heavy atom. The zero-order chi connectivity index (χ0) is 16.9. The van der Waals surface area contributed by atoms with Crippen molar-refractivity contribution in [2.45, 2.75) is 24.8 Å². The van der Waals surface area contributed by atoms with E-state index in [4.69, 9.17) is 0 Å². The van der Waals surface area contributed by atoms with Gasteiger partial charge in [-0.2, -0.15) is 0 Å². The van der Waals surface area contributed by atoms with Crippen LogP contribution in [0.4, 0.5) is 4.39 Å². The number of hydrogen-bond donors (Lipinski definition) is 2. The number of pyridine rings is 1. The molecule has 2 N–H and O–H groups in total. The molecule has 0 spiro atoms. The van der Waals surface area contributed by atoms with Crippen LogP contribution in [0.2, 0.25) is 0 Å². The molecule has 0 fully saturated rings. The van der Waals surface area contributed by atoms with Gasteiger partial charge in [-0.1, -0.05) is 17.7 Å². The summed E-state index contributed by atoms with van der Waals surface area (Å²) in [6.45, 7) is 4.47. The maximum Gasteiger partial charge on any atom is 0.240 e. The molecule has 1 atom stereocenters. The Kier molecular flexibility index (Phi) is 5.81.